The zero-order valence-electron chi connectivity index (χ0n) is 11.0. The zero-order valence-corrected chi connectivity index (χ0v) is 13.4. The van der Waals surface area contributed by atoms with Gasteiger partial charge >= 0.3 is 0 Å². The lowest BCUT2D eigenvalue weighted by Crippen LogP contribution is -2.25. The van der Waals surface area contributed by atoms with E-state index in [9.17, 15) is 0 Å². The molecular formula is C15H16Cl2N2S. The molecular weight excluding hydrogens is 311 g/mol. The molecule has 3 rings (SSSR count). The van der Waals surface area contributed by atoms with E-state index in [1.807, 2.05) is 18.3 Å². The number of hydrogen-bond acceptors (Lipinski definition) is 3. The predicted molar refractivity (Wildman–Crippen MR) is 86.7 cm³/mol. The highest BCUT2D eigenvalue weighted by Crippen LogP contribution is 2.36. The number of nitrogens with zero attached hydrogens (tertiary/aromatic N) is 1. The van der Waals surface area contributed by atoms with Gasteiger partial charge in [-0.2, -0.15) is 0 Å². The van der Waals surface area contributed by atoms with Gasteiger partial charge in [0.05, 0.1) is 14.9 Å². The summed E-state index contributed by atoms with van der Waals surface area (Å²) in [5.74, 6) is 0. The van der Waals surface area contributed by atoms with E-state index in [1.165, 1.54) is 25.7 Å². The fourth-order valence-electron chi connectivity index (χ4n) is 2.57. The molecule has 0 saturated heterocycles. The standard InChI is InChI=1S/C15H16Cl2N2S/c16-12-7-3-6-11(15(12)17)13-8-19-14(20-13)9-18-10-4-1-2-5-10/h3,6-8,10,18H,1-2,4-5,9H2. The van der Waals surface area contributed by atoms with E-state index in [0.29, 0.717) is 16.1 Å². The van der Waals surface area contributed by atoms with Crippen molar-refractivity contribution in [1.29, 1.82) is 0 Å². The van der Waals surface area contributed by atoms with Crippen LogP contribution in [0.25, 0.3) is 10.4 Å². The molecule has 20 heavy (non-hydrogen) atoms. The van der Waals surface area contributed by atoms with Gasteiger partial charge in [0.15, 0.2) is 0 Å². The average Bonchev–Trinajstić information content (AvgIpc) is 3.10. The topological polar surface area (TPSA) is 24.9 Å². The number of rotatable bonds is 4. The molecule has 106 valence electrons. The molecule has 1 heterocycles. The maximum atomic E-state index is 6.25. The summed E-state index contributed by atoms with van der Waals surface area (Å²) in [5.41, 5.74) is 0.962. The highest BCUT2D eigenvalue weighted by Gasteiger charge is 2.15. The molecule has 0 aliphatic heterocycles. The Morgan fingerprint density at radius 2 is 2.05 bits per heavy atom. The van der Waals surface area contributed by atoms with E-state index in [1.54, 1.807) is 17.4 Å². The minimum atomic E-state index is 0.586. The third-order valence-corrected chi connectivity index (χ3v) is 5.52. The van der Waals surface area contributed by atoms with Gasteiger partial charge in [0.25, 0.3) is 0 Å². The maximum Gasteiger partial charge on any atom is 0.107 e. The van der Waals surface area contributed by atoms with Crippen molar-refractivity contribution >= 4 is 34.5 Å². The summed E-state index contributed by atoms with van der Waals surface area (Å²) in [6, 6.07) is 6.36. The highest BCUT2D eigenvalue weighted by atomic mass is 35.5. The Balaban J connectivity index is 1.71. The molecule has 1 aliphatic rings. The molecule has 2 nitrogen and oxygen atoms in total. The van der Waals surface area contributed by atoms with Gasteiger partial charge in [0, 0.05) is 24.3 Å². The van der Waals surface area contributed by atoms with Crippen LogP contribution in [-0.2, 0) is 6.54 Å². The fourth-order valence-corrected chi connectivity index (χ4v) is 3.93. The van der Waals surface area contributed by atoms with Crippen LogP contribution >= 0.6 is 34.5 Å². The van der Waals surface area contributed by atoms with Crippen LogP contribution in [0.1, 0.15) is 30.7 Å². The predicted octanol–water partition coefficient (Wildman–Crippen LogP) is 5.15. The summed E-state index contributed by atoms with van der Waals surface area (Å²) in [6.45, 7) is 0.841. The summed E-state index contributed by atoms with van der Waals surface area (Å²) >= 11 is 14.0. The Morgan fingerprint density at radius 3 is 2.85 bits per heavy atom. The largest absolute Gasteiger partial charge is 0.308 e. The fraction of sp³-hybridized carbons (Fsp3) is 0.400. The first-order valence-electron chi connectivity index (χ1n) is 6.86. The first-order chi connectivity index (χ1) is 9.74. The molecule has 1 fully saturated rings. The molecule has 1 saturated carbocycles. The number of halogens is 2. The van der Waals surface area contributed by atoms with E-state index in [4.69, 9.17) is 23.2 Å². The van der Waals surface area contributed by atoms with E-state index < -0.39 is 0 Å². The van der Waals surface area contributed by atoms with Gasteiger partial charge in [0.1, 0.15) is 5.01 Å². The smallest absolute Gasteiger partial charge is 0.107 e. The molecule has 1 aromatic heterocycles. The van der Waals surface area contributed by atoms with E-state index >= 15 is 0 Å². The van der Waals surface area contributed by atoms with Crippen LogP contribution in [0.5, 0.6) is 0 Å². The molecule has 5 heteroatoms. The third-order valence-electron chi connectivity index (χ3n) is 3.67. The van der Waals surface area contributed by atoms with E-state index in [2.05, 4.69) is 10.3 Å². The monoisotopic (exact) mass is 326 g/mol. The Hall–Kier alpha value is -0.610. The van der Waals surface area contributed by atoms with Crippen molar-refractivity contribution in [2.75, 3.05) is 0 Å². The van der Waals surface area contributed by atoms with Gasteiger partial charge in [-0.05, 0) is 18.9 Å². The number of hydrogen-bond donors (Lipinski definition) is 1. The van der Waals surface area contributed by atoms with Gasteiger partial charge in [-0.25, -0.2) is 4.98 Å². The first kappa shape index (κ1) is 14.3. The molecule has 0 radical (unpaired) electrons. The molecule has 0 unspecified atom stereocenters. The molecule has 1 aliphatic carbocycles. The lowest BCUT2D eigenvalue weighted by atomic mass is 10.2. The molecule has 1 aromatic carbocycles. The van der Waals surface area contributed by atoms with Crippen LogP contribution in [0.3, 0.4) is 0 Å². The van der Waals surface area contributed by atoms with Crippen LogP contribution in [0, 0.1) is 0 Å². The second-order valence-corrected chi connectivity index (χ2v) is 6.98. The Kier molecular flexibility index (Phi) is 4.61. The Bertz CT molecular complexity index is 591. The van der Waals surface area contributed by atoms with Gasteiger partial charge in [-0.3, -0.25) is 0 Å². The second-order valence-electron chi connectivity index (χ2n) is 5.08. The Morgan fingerprint density at radius 1 is 1.25 bits per heavy atom. The van der Waals surface area contributed by atoms with Crippen LogP contribution in [0.2, 0.25) is 10.0 Å². The summed E-state index contributed by atoms with van der Waals surface area (Å²) < 4.78 is 0. The minimum absolute atomic E-state index is 0.586. The molecule has 2 aromatic rings. The van der Waals surface area contributed by atoms with Crippen molar-refractivity contribution in [3.05, 3.63) is 39.4 Å². The van der Waals surface area contributed by atoms with Crippen molar-refractivity contribution in [1.82, 2.24) is 10.3 Å². The quantitative estimate of drug-likeness (QED) is 0.840. The van der Waals surface area contributed by atoms with Gasteiger partial charge in [-0.1, -0.05) is 48.2 Å². The molecule has 0 spiro atoms. The molecule has 0 bridgehead atoms. The SMILES string of the molecule is Clc1cccc(-c2cnc(CNC3CCCC3)s2)c1Cl. The average molecular weight is 327 g/mol. The number of aromatic nitrogens is 1. The summed E-state index contributed by atoms with van der Waals surface area (Å²) in [6.07, 6.45) is 7.16. The summed E-state index contributed by atoms with van der Waals surface area (Å²) in [7, 11) is 0. The third kappa shape index (κ3) is 3.17. The van der Waals surface area contributed by atoms with Crippen molar-refractivity contribution in [3.63, 3.8) is 0 Å². The number of nitrogens with one attached hydrogen (secondary N) is 1. The summed E-state index contributed by atoms with van der Waals surface area (Å²) in [4.78, 5) is 5.55. The van der Waals surface area contributed by atoms with Gasteiger partial charge in [0.2, 0.25) is 0 Å². The normalized spacial score (nSPS) is 15.9. The molecule has 1 N–H and O–H groups in total. The highest BCUT2D eigenvalue weighted by molar-refractivity contribution is 7.15. The summed E-state index contributed by atoms with van der Waals surface area (Å²) in [5, 5.41) is 5.87. The minimum Gasteiger partial charge on any atom is -0.308 e. The molecule has 0 atom stereocenters. The van der Waals surface area contributed by atoms with Crippen molar-refractivity contribution in [2.45, 2.75) is 38.3 Å². The van der Waals surface area contributed by atoms with Crippen LogP contribution in [0.4, 0.5) is 0 Å². The first-order valence-corrected chi connectivity index (χ1v) is 8.44. The second kappa shape index (κ2) is 6.44. The molecule has 0 amide bonds. The lowest BCUT2D eigenvalue weighted by Gasteiger charge is -2.09. The number of thiazole rings is 1. The van der Waals surface area contributed by atoms with Gasteiger partial charge < -0.3 is 5.32 Å². The van der Waals surface area contributed by atoms with E-state index in [0.717, 1.165) is 22.0 Å². The van der Waals surface area contributed by atoms with Crippen LogP contribution in [-0.4, -0.2) is 11.0 Å². The van der Waals surface area contributed by atoms with Gasteiger partial charge in [-0.15, -0.1) is 11.3 Å². The van der Waals surface area contributed by atoms with Crippen molar-refractivity contribution in [2.24, 2.45) is 0 Å². The number of benzene rings is 1. The van der Waals surface area contributed by atoms with E-state index in [-0.39, 0.29) is 0 Å². The van der Waals surface area contributed by atoms with Crippen LogP contribution < -0.4 is 5.32 Å². The van der Waals surface area contributed by atoms with Crippen LogP contribution in [0.15, 0.2) is 24.4 Å². The zero-order chi connectivity index (χ0) is 13.9. The van der Waals surface area contributed by atoms with Crippen molar-refractivity contribution < 1.29 is 0 Å². The van der Waals surface area contributed by atoms with Crippen molar-refractivity contribution in [3.8, 4) is 10.4 Å². The maximum absolute atomic E-state index is 6.25. The Labute approximate surface area is 133 Å². The lowest BCUT2D eigenvalue weighted by molar-refractivity contribution is 0.523.